The first-order valence-electron chi connectivity index (χ1n) is 13.0. The minimum Gasteiger partial charge on any atom is -0.494 e. The van der Waals surface area contributed by atoms with Crippen molar-refractivity contribution in [3.8, 4) is 17.0 Å². The Labute approximate surface area is 251 Å². The van der Waals surface area contributed by atoms with Crippen molar-refractivity contribution < 1.29 is 17.5 Å². The molecule has 41 heavy (non-hydrogen) atoms. The third-order valence-corrected chi connectivity index (χ3v) is 10.6. The molecule has 4 aromatic rings. The zero-order valence-corrected chi connectivity index (χ0v) is 25.1. The summed E-state index contributed by atoms with van der Waals surface area (Å²) in [5, 5.41) is 10.2. The van der Waals surface area contributed by atoms with Gasteiger partial charge in [-0.25, -0.2) is 22.8 Å². The standard InChI is InChI=1S/C29H25Cl2FN4O3S2/c1-39-28-11-6-19(14-24(28)32)25-16-27(22-10-7-20(30)15-23(22)31)36(34-25)29-33-26(17-40-29)18-4-8-21(9-5-18)41(37,38)35-12-2-3-13-35/h4-11,14-15,17,27H,2-3,12-13,16H2,1H3/t27-/m0/s1. The van der Waals surface area contributed by atoms with Crippen molar-refractivity contribution in [3.05, 3.63) is 93.0 Å². The summed E-state index contributed by atoms with van der Waals surface area (Å²) >= 11 is 14.2. The molecule has 1 aromatic heterocycles. The molecule has 0 amide bonds. The van der Waals surface area contributed by atoms with Crippen molar-refractivity contribution in [3.63, 3.8) is 0 Å². The van der Waals surface area contributed by atoms with Gasteiger partial charge in [-0.15, -0.1) is 11.3 Å². The zero-order valence-electron chi connectivity index (χ0n) is 21.9. The van der Waals surface area contributed by atoms with Gasteiger partial charge in [0, 0.05) is 46.1 Å². The summed E-state index contributed by atoms with van der Waals surface area (Å²) in [4.78, 5) is 5.12. The number of sulfonamides is 1. The van der Waals surface area contributed by atoms with Crippen LogP contribution in [-0.2, 0) is 10.0 Å². The first kappa shape index (κ1) is 28.1. The van der Waals surface area contributed by atoms with Gasteiger partial charge in [0.2, 0.25) is 15.2 Å². The van der Waals surface area contributed by atoms with E-state index in [2.05, 4.69) is 0 Å². The van der Waals surface area contributed by atoms with E-state index < -0.39 is 15.8 Å². The molecular formula is C29H25Cl2FN4O3S2. The van der Waals surface area contributed by atoms with E-state index >= 15 is 0 Å². The summed E-state index contributed by atoms with van der Waals surface area (Å²) in [7, 11) is -2.08. The van der Waals surface area contributed by atoms with Crippen LogP contribution in [0.2, 0.25) is 10.0 Å². The molecule has 1 atom stereocenters. The fourth-order valence-corrected chi connectivity index (χ4v) is 7.98. The number of hydrazone groups is 1. The fourth-order valence-electron chi connectivity index (χ4n) is 5.10. The van der Waals surface area contributed by atoms with Gasteiger partial charge in [0.1, 0.15) is 0 Å². The lowest BCUT2D eigenvalue weighted by atomic mass is 9.98. The van der Waals surface area contributed by atoms with Crippen molar-refractivity contribution in [1.29, 1.82) is 0 Å². The lowest BCUT2D eigenvalue weighted by molar-refractivity contribution is 0.386. The predicted octanol–water partition coefficient (Wildman–Crippen LogP) is 7.40. The van der Waals surface area contributed by atoms with Crippen molar-refractivity contribution in [1.82, 2.24) is 9.29 Å². The molecule has 7 nitrogen and oxygen atoms in total. The maximum absolute atomic E-state index is 14.6. The molecular weight excluding hydrogens is 606 g/mol. The van der Waals surface area contributed by atoms with Crippen molar-refractivity contribution >= 4 is 55.4 Å². The minimum absolute atomic E-state index is 0.158. The average molecular weight is 632 g/mol. The van der Waals surface area contributed by atoms with Crippen LogP contribution in [0.4, 0.5) is 9.52 Å². The maximum Gasteiger partial charge on any atom is 0.243 e. The topological polar surface area (TPSA) is 75.1 Å². The van der Waals surface area contributed by atoms with Gasteiger partial charge < -0.3 is 4.74 Å². The van der Waals surface area contributed by atoms with Crippen LogP contribution in [0.3, 0.4) is 0 Å². The van der Waals surface area contributed by atoms with E-state index in [0.717, 1.165) is 24.0 Å². The van der Waals surface area contributed by atoms with E-state index in [-0.39, 0.29) is 16.7 Å². The minimum atomic E-state index is -3.50. The van der Waals surface area contributed by atoms with Gasteiger partial charge in [0.05, 0.1) is 29.5 Å². The second-order valence-electron chi connectivity index (χ2n) is 9.78. The summed E-state index contributed by atoms with van der Waals surface area (Å²) < 4.78 is 47.0. The van der Waals surface area contributed by atoms with Crippen molar-refractivity contribution in [2.45, 2.75) is 30.2 Å². The summed E-state index contributed by atoms with van der Waals surface area (Å²) in [5.74, 6) is -0.315. The summed E-state index contributed by atoms with van der Waals surface area (Å²) in [5.41, 5.74) is 3.60. The summed E-state index contributed by atoms with van der Waals surface area (Å²) in [6, 6.07) is 16.6. The van der Waals surface area contributed by atoms with Crippen LogP contribution in [0.1, 0.15) is 36.4 Å². The lowest BCUT2D eigenvalue weighted by Crippen LogP contribution is -2.27. The first-order valence-corrected chi connectivity index (χ1v) is 16.0. The molecule has 3 aromatic carbocycles. The SMILES string of the molecule is COc1ccc(C2=NN(c3nc(-c4ccc(S(=O)(=O)N5CCCC5)cc4)cs3)[C@H](c3ccc(Cl)cc3Cl)C2)cc1F. The van der Waals surface area contributed by atoms with Gasteiger partial charge in [-0.05, 0) is 60.9 Å². The Hall–Kier alpha value is -3.02. The van der Waals surface area contributed by atoms with Gasteiger partial charge in [-0.1, -0.05) is 41.4 Å². The molecule has 2 aliphatic rings. The number of aromatic nitrogens is 1. The number of rotatable bonds is 7. The molecule has 0 spiro atoms. The Balaban J connectivity index is 1.33. The van der Waals surface area contributed by atoms with Crippen LogP contribution in [0.5, 0.6) is 5.75 Å². The number of halogens is 3. The lowest BCUT2D eigenvalue weighted by Gasteiger charge is -2.22. The molecule has 0 N–H and O–H groups in total. The molecule has 1 fully saturated rings. The van der Waals surface area contributed by atoms with Crippen molar-refractivity contribution in [2.24, 2.45) is 5.10 Å². The molecule has 0 saturated carbocycles. The van der Waals surface area contributed by atoms with Crippen LogP contribution < -0.4 is 9.75 Å². The summed E-state index contributed by atoms with van der Waals surface area (Å²) in [6.45, 7) is 1.11. The van der Waals surface area contributed by atoms with Gasteiger partial charge in [0.25, 0.3) is 0 Å². The van der Waals surface area contributed by atoms with Gasteiger partial charge in [-0.3, -0.25) is 0 Å². The van der Waals surface area contributed by atoms with Crippen LogP contribution in [0.25, 0.3) is 11.3 Å². The maximum atomic E-state index is 14.6. The normalized spacial score (nSPS) is 17.7. The number of hydrogen-bond donors (Lipinski definition) is 0. The number of benzene rings is 3. The number of nitrogens with zero attached hydrogens (tertiary/aromatic N) is 4. The highest BCUT2D eigenvalue weighted by atomic mass is 35.5. The highest BCUT2D eigenvalue weighted by Gasteiger charge is 2.33. The van der Waals surface area contributed by atoms with Gasteiger partial charge in [0.15, 0.2) is 11.6 Å². The Morgan fingerprint density at radius 2 is 1.73 bits per heavy atom. The van der Waals surface area contributed by atoms with E-state index in [1.165, 1.54) is 28.8 Å². The molecule has 3 heterocycles. The van der Waals surface area contributed by atoms with E-state index in [0.29, 0.717) is 51.7 Å². The Bertz CT molecular complexity index is 1740. The van der Waals surface area contributed by atoms with Crippen LogP contribution in [-0.4, -0.2) is 43.6 Å². The second-order valence-corrected chi connectivity index (χ2v) is 13.4. The number of ether oxygens (including phenoxy) is 1. The molecule has 0 aliphatic carbocycles. The Morgan fingerprint density at radius 1 is 1.00 bits per heavy atom. The zero-order chi connectivity index (χ0) is 28.7. The van der Waals surface area contributed by atoms with Crippen molar-refractivity contribution in [2.75, 3.05) is 25.2 Å². The molecule has 12 heteroatoms. The highest BCUT2D eigenvalue weighted by Crippen LogP contribution is 2.42. The molecule has 2 aliphatic heterocycles. The number of methoxy groups -OCH3 is 1. The van der Waals surface area contributed by atoms with Crippen LogP contribution >= 0.6 is 34.5 Å². The van der Waals surface area contributed by atoms with Gasteiger partial charge >= 0.3 is 0 Å². The third kappa shape index (κ3) is 5.47. The highest BCUT2D eigenvalue weighted by molar-refractivity contribution is 7.89. The molecule has 0 radical (unpaired) electrons. The van der Waals surface area contributed by atoms with E-state index in [1.54, 1.807) is 53.5 Å². The molecule has 0 bridgehead atoms. The van der Waals surface area contributed by atoms with E-state index in [4.69, 9.17) is 38.0 Å². The van der Waals surface area contributed by atoms with E-state index in [1.807, 2.05) is 11.4 Å². The fraction of sp³-hybridized carbons (Fsp3) is 0.241. The predicted molar refractivity (Wildman–Crippen MR) is 161 cm³/mol. The smallest absolute Gasteiger partial charge is 0.243 e. The van der Waals surface area contributed by atoms with Crippen LogP contribution in [0, 0.1) is 5.82 Å². The number of thiazole rings is 1. The summed E-state index contributed by atoms with van der Waals surface area (Å²) in [6.07, 6.45) is 2.23. The molecule has 0 unspecified atom stereocenters. The van der Waals surface area contributed by atoms with Gasteiger partial charge in [-0.2, -0.15) is 9.41 Å². The van der Waals surface area contributed by atoms with Crippen LogP contribution in [0.15, 0.2) is 76.0 Å². The average Bonchev–Trinajstić information content (AvgIpc) is 3.74. The largest absolute Gasteiger partial charge is 0.494 e. The molecule has 1 saturated heterocycles. The third-order valence-electron chi connectivity index (χ3n) is 7.26. The quantitative estimate of drug-likeness (QED) is 0.213. The molecule has 212 valence electrons. The first-order chi connectivity index (χ1) is 19.7. The second kappa shape index (κ2) is 11.3. The monoisotopic (exact) mass is 630 g/mol. The van der Waals surface area contributed by atoms with E-state index in [9.17, 15) is 12.8 Å². The molecule has 6 rings (SSSR count). The Kier molecular flexibility index (Phi) is 7.78. The Morgan fingerprint density at radius 3 is 2.41 bits per heavy atom. The number of anilines is 1. The number of hydrogen-bond acceptors (Lipinski definition) is 7.